The molecule has 0 unspecified atom stereocenters. The molecule has 2 aliphatic heterocycles. The lowest BCUT2D eigenvalue weighted by Crippen LogP contribution is -2.57. The summed E-state index contributed by atoms with van der Waals surface area (Å²) in [5.41, 5.74) is 1.42. The fourth-order valence-corrected chi connectivity index (χ4v) is 5.43. The van der Waals surface area contributed by atoms with Crippen molar-refractivity contribution in [2.75, 3.05) is 13.1 Å². The number of benzene rings is 1. The van der Waals surface area contributed by atoms with E-state index in [1.807, 2.05) is 0 Å². The predicted octanol–water partition coefficient (Wildman–Crippen LogP) is 4.09. The largest absolute Gasteiger partial charge is 0.338 e. The summed E-state index contributed by atoms with van der Waals surface area (Å²) in [6.45, 7) is 2.03. The lowest BCUT2D eigenvalue weighted by atomic mass is 9.80. The second kappa shape index (κ2) is 7.90. The Kier molecular flexibility index (Phi) is 5.40. The van der Waals surface area contributed by atoms with Crippen molar-refractivity contribution in [3.8, 4) is 0 Å². The Labute approximate surface area is 152 Å². The van der Waals surface area contributed by atoms with Crippen LogP contribution in [0.1, 0.15) is 69.3 Å². The third kappa shape index (κ3) is 3.76. The number of likely N-dealkylation sites (tertiary alicyclic amines) is 1. The highest BCUT2D eigenvalue weighted by atomic mass is 16.2. The lowest BCUT2D eigenvalue weighted by Gasteiger charge is -2.44. The van der Waals surface area contributed by atoms with Crippen molar-refractivity contribution in [1.29, 1.82) is 0 Å². The molecule has 25 heavy (non-hydrogen) atoms. The van der Waals surface area contributed by atoms with Crippen LogP contribution < -0.4 is 5.32 Å². The van der Waals surface area contributed by atoms with Crippen LogP contribution in [0, 0.1) is 5.92 Å². The molecule has 1 saturated carbocycles. The van der Waals surface area contributed by atoms with Crippen LogP contribution in [0.2, 0.25) is 0 Å². The first-order valence-corrected chi connectivity index (χ1v) is 10.4. The Morgan fingerprint density at radius 2 is 1.76 bits per heavy atom. The average molecular weight is 341 g/mol. The Morgan fingerprint density at radius 3 is 2.56 bits per heavy atom. The molecular weight excluding hydrogens is 308 g/mol. The number of hydrogen-bond acceptors (Lipinski definition) is 2. The second-order valence-corrected chi connectivity index (χ2v) is 8.29. The van der Waals surface area contributed by atoms with Crippen molar-refractivity contribution in [3.05, 3.63) is 35.9 Å². The van der Waals surface area contributed by atoms with Crippen molar-refractivity contribution in [3.63, 3.8) is 0 Å². The van der Waals surface area contributed by atoms with Gasteiger partial charge < -0.3 is 10.2 Å². The monoisotopic (exact) mass is 340 g/mol. The van der Waals surface area contributed by atoms with Gasteiger partial charge in [0.15, 0.2) is 0 Å². The van der Waals surface area contributed by atoms with Crippen molar-refractivity contribution in [2.45, 2.75) is 75.8 Å². The molecule has 1 aromatic carbocycles. The van der Waals surface area contributed by atoms with Gasteiger partial charge in [0, 0.05) is 24.9 Å². The number of nitrogens with zero attached hydrogens (tertiary/aromatic N) is 1. The highest BCUT2D eigenvalue weighted by Crippen LogP contribution is 2.36. The molecule has 0 radical (unpaired) electrons. The summed E-state index contributed by atoms with van der Waals surface area (Å²) < 4.78 is 0. The number of amides is 1. The van der Waals surface area contributed by atoms with E-state index in [-0.39, 0.29) is 0 Å². The van der Waals surface area contributed by atoms with Crippen LogP contribution in [0.5, 0.6) is 0 Å². The van der Waals surface area contributed by atoms with Crippen LogP contribution in [0.15, 0.2) is 30.3 Å². The van der Waals surface area contributed by atoms with Crippen LogP contribution in [0.4, 0.5) is 0 Å². The predicted molar refractivity (Wildman–Crippen MR) is 102 cm³/mol. The van der Waals surface area contributed by atoms with Gasteiger partial charge in [0.2, 0.25) is 5.91 Å². The zero-order valence-corrected chi connectivity index (χ0v) is 15.3. The fourth-order valence-electron chi connectivity index (χ4n) is 5.43. The zero-order chi connectivity index (χ0) is 17.1. The summed E-state index contributed by atoms with van der Waals surface area (Å²) in [7, 11) is 0. The maximum absolute atomic E-state index is 13.2. The van der Waals surface area contributed by atoms with Crippen LogP contribution in [0.25, 0.3) is 0 Å². The van der Waals surface area contributed by atoms with Crippen molar-refractivity contribution in [2.24, 2.45) is 5.92 Å². The highest BCUT2D eigenvalue weighted by Gasteiger charge is 2.41. The molecule has 3 fully saturated rings. The van der Waals surface area contributed by atoms with Crippen molar-refractivity contribution in [1.82, 2.24) is 10.2 Å². The van der Waals surface area contributed by atoms with Gasteiger partial charge >= 0.3 is 0 Å². The summed E-state index contributed by atoms with van der Waals surface area (Å²) in [4.78, 5) is 15.5. The van der Waals surface area contributed by atoms with Gasteiger partial charge in [-0.1, -0.05) is 49.6 Å². The van der Waals surface area contributed by atoms with E-state index in [4.69, 9.17) is 0 Å². The van der Waals surface area contributed by atoms with Crippen LogP contribution in [0.3, 0.4) is 0 Å². The van der Waals surface area contributed by atoms with Crippen molar-refractivity contribution >= 4 is 5.91 Å². The molecule has 1 N–H and O–H groups in total. The molecule has 0 bridgehead atoms. The molecule has 3 heteroatoms. The molecule has 136 valence electrons. The van der Waals surface area contributed by atoms with Gasteiger partial charge in [-0.05, 0) is 50.1 Å². The second-order valence-electron chi connectivity index (χ2n) is 8.29. The van der Waals surface area contributed by atoms with E-state index < -0.39 is 0 Å². The van der Waals surface area contributed by atoms with E-state index in [0.29, 0.717) is 29.8 Å². The van der Waals surface area contributed by atoms with Gasteiger partial charge in [0.05, 0.1) is 6.04 Å². The maximum Gasteiger partial charge on any atom is 0.223 e. The Hall–Kier alpha value is -1.35. The summed E-state index contributed by atoms with van der Waals surface area (Å²) in [5.74, 6) is 1.55. The van der Waals surface area contributed by atoms with E-state index in [1.165, 1.54) is 44.1 Å². The van der Waals surface area contributed by atoms with Gasteiger partial charge in [-0.25, -0.2) is 0 Å². The molecule has 0 spiro atoms. The molecule has 1 aliphatic carbocycles. The van der Waals surface area contributed by atoms with E-state index >= 15 is 0 Å². The first-order valence-electron chi connectivity index (χ1n) is 10.4. The van der Waals surface area contributed by atoms with E-state index in [9.17, 15) is 4.79 Å². The van der Waals surface area contributed by atoms with Gasteiger partial charge in [-0.2, -0.15) is 0 Å². The average Bonchev–Trinajstić information content (AvgIpc) is 3.05. The summed E-state index contributed by atoms with van der Waals surface area (Å²) in [5, 5.41) is 3.75. The molecule has 3 nitrogen and oxygen atoms in total. The number of piperidine rings is 1. The topological polar surface area (TPSA) is 32.3 Å². The van der Waals surface area contributed by atoms with Gasteiger partial charge in [-0.3, -0.25) is 4.79 Å². The highest BCUT2D eigenvalue weighted by molar-refractivity contribution is 5.77. The van der Waals surface area contributed by atoms with Crippen LogP contribution in [-0.4, -0.2) is 36.0 Å². The molecule has 3 atom stereocenters. The van der Waals surface area contributed by atoms with E-state index in [2.05, 4.69) is 40.5 Å². The number of fused-ring (bicyclic) bond motifs is 1. The normalized spacial score (nSPS) is 30.7. The summed E-state index contributed by atoms with van der Waals surface area (Å²) in [6, 6.07) is 11.7. The molecule has 3 aliphatic rings. The smallest absolute Gasteiger partial charge is 0.223 e. The first-order chi connectivity index (χ1) is 12.3. The number of hydrogen-bond donors (Lipinski definition) is 1. The minimum absolute atomic E-state index is 0.340. The number of carbonyl (C=O) groups excluding carboxylic acids is 1. The standard InChI is InChI=1S/C22H32N2O/c25-21(16-17-8-4-5-9-17)24-15-7-6-12-20-22(24)19(13-14-23-20)18-10-2-1-3-11-18/h1-3,10-11,17,19-20,22-23H,4-9,12-16H2/t19-,20-,22-/m1/s1. The molecular formula is C22H32N2O. The Morgan fingerprint density at radius 1 is 1.00 bits per heavy atom. The summed E-state index contributed by atoms with van der Waals surface area (Å²) >= 11 is 0. The van der Waals surface area contributed by atoms with Crippen molar-refractivity contribution < 1.29 is 4.79 Å². The summed E-state index contributed by atoms with van der Waals surface area (Å²) in [6.07, 6.45) is 10.7. The minimum atomic E-state index is 0.340. The van der Waals surface area contributed by atoms with Crippen LogP contribution >= 0.6 is 0 Å². The van der Waals surface area contributed by atoms with Gasteiger partial charge in [0.25, 0.3) is 0 Å². The number of carbonyl (C=O) groups is 1. The minimum Gasteiger partial charge on any atom is -0.338 e. The third-order valence-corrected chi connectivity index (χ3v) is 6.70. The van der Waals surface area contributed by atoms with E-state index in [1.54, 1.807) is 0 Å². The molecule has 2 saturated heterocycles. The SMILES string of the molecule is O=C(CC1CCCC1)N1CCCC[C@H]2NCC[C@H](c3ccccc3)[C@H]21. The Bertz CT molecular complexity index is 567. The zero-order valence-electron chi connectivity index (χ0n) is 15.3. The molecule has 0 aromatic heterocycles. The lowest BCUT2D eigenvalue weighted by molar-refractivity contribution is -0.136. The quantitative estimate of drug-likeness (QED) is 0.899. The number of rotatable bonds is 3. The van der Waals surface area contributed by atoms with Gasteiger partial charge in [-0.15, -0.1) is 0 Å². The van der Waals surface area contributed by atoms with E-state index in [0.717, 1.165) is 32.4 Å². The first kappa shape index (κ1) is 17.1. The molecule has 1 aromatic rings. The molecule has 4 rings (SSSR count). The molecule has 1 amide bonds. The maximum atomic E-state index is 13.2. The van der Waals surface area contributed by atoms with Gasteiger partial charge in [0.1, 0.15) is 0 Å². The Balaban J connectivity index is 1.58. The third-order valence-electron chi connectivity index (χ3n) is 6.70. The van der Waals surface area contributed by atoms with Crippen LogP contribution in [-0.2, 0) is 4.79 Å². The molecule has 2 heterocycles. The number of nitrogens with one attached hydrogen (secondary N) is 1. The fraction of sp³-hybridized carbons (Fsp3) is 0.682.